The summed E-state index contributed by atoms with van der Waals surface area (Å²) < 4.78 is 5.67. The van der Waals surface area contributed by atoms with Crippen molar-refractivity contribution < 1.29 is 14.3 Å². The van der Waals surface area contributed by atoms with Crippen LogP contribution >= 0.6 is 0 Å². The summed E-state index contributed by atoms with van der Waals surface area (Å²) in [5.74, 6) is -0.122. The van der Waals surface area contributed by atoms with E-state index in [0.717, 1.165) is 38.9 Å². The number of aromatic nitrogens is 1. The topological polar surface area (TPSA) is 92.3 Å². The van der Waals surface area contributed by atoms with Crippen LogP contribution in [0.5, 0.6) is 5.75 Å². The minimum Gasteiger partial charge on any atom is -0.484 e. The van der Waals surface area contributed by atoms with Gasteiger partial charge in [0.2, 0.25) is 0 Å². The highest BCUT2D eigenvalue weighted by molar-refractivity contribution is 5.99. The normalized spacial score (nSPS) is 15.7. The molecule has 0 radical (unpaired) electrons. The fourth-order valence-corrected chi connectivity index (χ4v) is 4.76. The number of hydrogen-bond acceptors (Lipinski definition) is 5. The number of ether oxygens (including phenoxy) is 1. The number of fused-ring (bicyclic) bond motifs is 2. The van der Waals surface area contributed by atoms with Crippen LogP contribution in [0.15, 0.2) is 114 Å². The van der Waals surface area contributed by atoms with Gasteiger partial charge in [0.25, 0.3) is 11.8 Å². The molecule has 0 saturated heterocycles. The first-order valence-corrected chi connectivity index (χ1v) is 12.7. The summed E-state index contributed by atoms with van der Waals surface area (Å²) in [5.41, 5.74) is 12.5. The molecule has 0 bridgehead atoms. The molecule has 7 nitrogen and oxygen atoms in total. The lowest BCUT2D eigenvalue weighted by molar-refractivity contribution is -0.124. The summed E-state index contributed by atoms with van der Waals surface area (Å²) in [4.78, 5) is 29.5. The standard InChI is InChI=1S/C32H26N4O3/c1-20-11-16-28-26(17-20)25(21-7-3-2-4-8-21)18-29(33-28)22-12-14-23(15-13-22)39-19-30(37)35-36-31-24-9-5-6-10-27(24)34-32(31)38/h2-18,27,36H,19H2,1H3,(H,34,38)(H,35,37)/t27-/m0/s1. The van der Waals surface area contributed by atoms with E-state index < -0.39 is 5.91 Å². The Morgan fingerprint density at radius 3 is 2.62 bits per heavy atom. The van der Waals surface area contributed by atoms with Gasteiger partial charge in [-0.1, -0.05) is 66.3 Å². The van der Waals surface area contributed by atoms with Crippen molar-refractivity contribution in [2.75, 3.05) is 6.61 Å². The van der Waals surface area contributed by atoms with Gasteiger partial charge >= 0.3 is 0 Å². The smallest absolute Gasteiger partial charge is 0.276 e. The van der Waals surface area contributed by atoms with E-state index in [9.17, 15) is 9.59 Å². The van der Waals surface area contributed by atoms with Gasteiger partial charge in [-0.2, -0.15) is 0 Å². The number of aryl methyl sites for hydroxylation is 1. The van der Waals surface area contributed by atoms with E-state index in [1.54, 1.807) is 0 Å². The van der Waals surface area contributed by atoms with Gasteiger partial charge in [-0.25, -0.2) is 4.98 Å². The number of carbonyl (C=O) groups excluding carboxylic acids is 2. The van der Waals surface area contributed by atoms with Gasteiger partial charge in [0.1, 0.15) is 11.4 Å². The first-order valence-electron chi connectivity index (χ1n) is 12.7. The predicted molar refractivity (Wildman–Crippen MR) is 151 cm³/mol. The molecule has 7 heteroatoms. The number of benzene rings is 3. The number of pyridine rings is 1. The fourth-order valence-electron chi connectivity index (χ4n) is 4.76. The van der Waals surface area contributed by atoms with Gasteiger partial charge in [0.05, 0.1) is 17.3 Å². The monoisotopic (exact) mass is 514 g/mol. The molecule has 1 aromatic heterocycles. The molecule has 0 fully saturated rings. The summed E-state index contributed by atoms with van der Waals surface area (Å²) in [6.07, 6.45) is 7.43. The molecule has 1 aliphatic heterocycles. The molecule has 2 amide bonds. The van der Waals surface area contributed by atoms with Gasteiger partial charge in [-0.15, -0.1) is 0 Å². The Bertz CT molecular complexity index is 1670. The summed E-state index contributed by atoms with van der Waals surface area (Å²) >= 11 is 0. The van der Waals surface area contributed by atoms with Crippen molar-refractivity contribution in [1.29, 1.82) is 0 Å². The zero-order chi connectivity index (χ0) is 26.8. The number of rotatable bonds is 7. The Balaban J connectivity index is 1.14. The summed E-state index contributed by atoms with van der Waals surface area (Å²) in [7, 11) is 0. The van der Waals surface area contributed by atoms with Crippen LogP contribution in [-0.2, 0) is 9.59 Å². The molecule has 2 heterocycles. The molecule has 1 aliphatic carbocycles. The largest absolute Gasteiger partial charge is 0.484 e. The molecule has 2 aliphatic rings. The number of amides is 2. The van der Waals surface area contributed by atoms with Crippen molar-refractivity contribution in [2.45, 2.75) is 13.0 Å². The van der Waals surface area contributed by atoms with Crippen molar-refractivity contribution in [3.8, 4) is 28.1 Å². The first kappa shape index (κ1) is 24.2. The van der Waals surface area contributed by atoms with E-state index in [-0.39, 0.29) is 18.6 Å². The Morgan fingerprint density at radius 1 is 0.974 bits per heavy atom. The minimum absolute atomic E-state index is 0.179. The third-order valence-electron chi connectivity index (χ3n) is 6.72. The van der Waals surface area contributed by atoms with Crippen molar-refractivity contribution in [3.05, 3.63) is 120 Å². The lowest BCUT2D eigenvalue weighted by Gasteiger charge is -2.12. The highest BCUT2D eigenvalue weighted by atomic mass is 16.5. The Kier molecular flexibility index (Phi) is 6.39. The average molecular weight is 515 g/mol. The molecule has 0 saturated carbocycles. The van der Waals surface area contributed by atoms with Crippen molar-refractivity contribution in [2.24, 2.45) is 0 Å². The lowest BCUT2D eigenvalue weighted by atomic mass is 9.97. The van der Waals surface area contributed by atoms with E-state index in [0.29, 0.717) is 11.4 Å². The van der Waals surface area contributed by atoms with Gasteiger partial charge in [0, 0.05) is 16.5 Å². The highest BCUT2D eigenvalue weighted by Crippen LogP contribution is 2.33. The maximum absolute atomic E-state index is 12.4. The Labute approximate surface area is 225 Å². The number of allylic oxidation sites excluding steroid dienone is 2. The van der Waals surface area contributed by atoms with Gasteiger partial charge < -0.3 is 10.1 Å². The molecule has 4 aromatic rings. The van der Waals surface area contributed by atoms with Gasteiger partial charge in [-0.3, -0.25) is 20.4 Å². The zero-order valence-corrected chi connectivity index (χ0v) is 21.3. The van der Waals surface area contributed by atoms with Crippen LogP contribution in [-0.4, -0.2) is 29.4 Å². The van der Waals surface area contributed by atoms with Crippen LogP contribution in [0.4, 0.5) is 0 Å². The molecule has 39 heavy (non-hydrogen) atoms. The lowest BCUT2D eigenvalue weighted by Crippen LogP contribution is -2.42. The first-order chi connectivity index (χ1) is 19.0. The molecular weight excluding hydrogens is 488 g/mol. The summed E-state index contributed by atoms with van der Waals surface area (Å²) in [5, 5.41) is 3.94. The van der Waals surface area contributed by atoms with E-state index in [1.165, 1.54) is 5.56 Å². The summed E-state index contributed by atoms with van der Waals surface area (Å²) in [6.45, 7) is 1.88. The van der Waals surface area contributed by atoms with Crippen molar-refractivity contribution in [1.82, 2.24) is 21.2 Å². The zero-order valence-electron chi connectivity index (χ0n) is 21.3. The quantitative estimate of drug-likeness (QED) is 0.310. The number of nitrogens with zero attached hydrogens (tertiary/aromatic N) is 1. The average Bonchev–Trinajstić information content (AvgIpc) is 3.29. The van der Waals surface area contributed by atoms with Crippen molar-refractivity contribution in [3.63, 3.8) is 0 Å². The summed E-state index contributed by atoms with van der Waals surface area (Å²) in [6, 6.07) is 26.0. The minimum atomic E-state index is -0.405. The molecule has 0 spiro atoms. The van der Waals surface area contributed by atoms with Crippen molar-refractivity contribution >= 4 is 22.7 Å². The molecule has 0 unspecified atom stereocenters. The molecule has 3 N–H and O–H groups in total. The maximum Gasteiger partial charge on any atom is 0.276 e. The number of nitrogens with one attached hydrogen (secondary N) is 3. The van der Waals surface area contributed by atoms with Crippen LogP contribution in [0.3, 0.4) is 0 Å². The van der Waals surface area contributed by atoms with Crippen LogP contribution in [0.2, 0.25) is 0 Å². The van der Waals surface area contributed by atoms with Crippen LogP contribution in [0, 0.1) is 6.92 Å². The highest BCUT2D eigenvalue weighted by Gasteiger charge is 2.29. The molecule has 192 valence electrons. The SMILES string of the molecule is Cc1ccc2nc(-c3ccc(OCC(=O)NNC4=C5C=CC=C[C@@H]5NC4=O)cc3)cc(-c3ccccc3)c2c1. The van der Waals surface area contributed by atoms with E-state index in [2.05, 4.69) is 59.5 Å². The van der Waals surface area contributed by atoms with E-state index in [1.807, 2.05) is 66.8 Å². The molecule has 3 aromatic carbocycles. The van der Waals surface area contributed by atoms with Crippen LogP contribution < -0.4 is 20.9 Å². The van der Waals surface area contributed by atoms with E-state index >= 15 is 0 Å². The second-order valence-electron chi connectivity index (χ2n) is 9.45. The molecular formula is C32H26N4O3. The number of hydrazine groups is 1. The molecule has 6 rings (SSSR count). The van der Waals surface area contributed by atoms with E-state index in [4.69, 9.17) is 9.72 Å². The van der Waals surface area contributed by atoms with Crippen LogP contribution in [0.25, 0.3) is 33.3 Å². The number of hydrogen-bond donors (Lipinski definition) is 3. The second-order valence-corrected chi connectivity index (χ2v) is 9.45. The number of carbonyl (C=O) groups is 2. The molecule has 1 atom stereocenters. The predicted octanol–water partition coefficient (Wildman–Crippen LogP) is 4.76. The van der Waals surface area contributed by atoms with Gasteiger partial charge in [0.15, 0.2) is 6.61 Å². The van der Waals surface area contributed by atoms with Crippen LogP contribution in [0.1, 0.15) is 5.56 Å². The fraction of sp³-hybridized carbons (Fsp3) is 0.0938. The third kappa shape index (κ3) is 5.02. The third-order valence-corrected chi connectivity index (χ3v) is 6.72. The van der Waals surface area contributed by atoms with Gasteiger partial charge in [-0.05, 0) is 60.5 Å². The Morgan fingerprint density at radius 2 is 1.79 bits per heavy atom. The maximum atomic E-state index is 12.4. The Hall–Kier alpha value is -5.17. The second kappa shape index (κ2) is 10.3.